The fourth-order valence-corrected chi connectivity index (χ4v) is 2.86. The summed E-state index contributed by atoms with van der Waals surface area (Å²) in [6, 6.07) is 9.08. The summed E-state index contributed by atoms with van der Waals surface area (Å²) >= 11 is 0. The fraction of sp³-hybridized carbons (Fsp3) is 0.542. The van der Waals surface area contributed by atoms with Crippen LogP contribution in [-0.2, 0) is 20.9 Å². The molecule has 1 aromatic rings. The Morgan fingerprint density at radius 3 is 2.50 bits per heavy atom. The molecule has 1 rings (SSSR count). The molecule has 0 heterocycles. The van der Waals surface area contributed by atoms with Crippen LogP contribution in [0.15, 0.2) is 47.1 Å². The van der Waals surface area contributed by atoms with Crippen molar-refractivity contribution in [2.24, 2.45) is 16.6 Å². The van der Waals surface area contributed by atoms with Gasteiger partial charge in [-0.15, -0.1) is 0 Å². The quantitative estimate of drug-likeness (QED) is 0.219. The Morgan fingerprint density at radius 1 is 1.20 bits per heavy atom. The summed E-state index contributed by atoms with van der Waals surface area (Å²) in [6.45, 7) is 8.61. The molecule has 0 fully saturated rings. The Balaban J connectivity index is 2.57. The Morgan fingerprint density at radius 2 is 1.90 bits per heavy atom. The van der Waals surface area contributed by atoms with Crippen molar-refractivity contribution in [1.82, 2.24) is 5.32 Å². The average molecular weight is 416 g/mol. The van der Waals surface area contributed by atoms with Crippen LogP contribution in [0.3, 0.4) is 0 Å². The first kappa shape index (κ1) is 25.6. The van der Waals surface area contributed by atoms with Crippen molar-refractivity contribution in [2.45, 2.75) is 72.4 Å². The van der Waals surface area contributed by atoms with Crippen molar-refractivity contribution >= 4 is 17.6 Å². The number of allylic oxidation sites excluding steroid dienone is 1. The maximum atomic E-state index is 12.4. The summed E-state index contributed by atoms with van der Waals surface area (Å²) in [5, 5.41) is 2.90. The number of nitrogens with one attached hydrogen (secondary N) is 1. The number of rotatable bonds is 13. The lowest BCUT2D eigenvalue weighted by Gasteiger charge is -2.17. The van der Waals surface area contributed by atoms with E-state index in [2.05, 4.69) is 17.2 Å². The molecule has 6 heteroatoms. The zero-order valence-corrected chi connectivity index (χ0v) is 18.8. The summed E-state index contributed by atoms with van der Waals surface area (Å²) < 4.78 is 5.39. The number of hydrogen-bond acceptors (Lipinski definition) is 5. The van der Waals surface area contributed by atoms with Crippen LogP contribution >= 0.6 is 0 Å². The van der Waals surface area contributed by atoms with E-state index in [1.54, 1.807) is 13.0 Å². The molecule has 0 aliphatic heterocycles. The van der Waals surface area contributed by atoms with Crippen LogP contribution in [-0.4, -0.2) is 30.2 Å². The van der Waals surface area contributed by atoms with Gasteiger partial charge in [-0.25, -0.2) is 4.79 Å². The predicted molar refractivity (Wildman–Crippen MR) is 122 cm³/mol. The second-order valence-corrected chi connectivity index (χ2v) is 7.47. The van der Waals surface area contributed by atoms with Gasteiger partial charge in [0.05, 0.1) is 6.04 Å². The van der Waals surface area contributed by atoms with Crippen molar-refractivity contribution in [3.63, 3.8) is 0 Å². The third kappa shape index (κ3) is 9.35. The highest BCUT2D eigenvalue weighted by molar-refractivity contribution is 5.94. The normalized spacial score (nSPS) is 14.2. The van der Waals surface area contributed by atoms with E-state index < -0.39 is 12.0 Å². The minimum atomic E-state index is -0.479. The summed E-state index contributed by atoms with van der Waals surface area (Å²) in [5.41, 5.74) is 8.14. The number of carbonyl (C=O) groups is 2. The highest BCUT2D eigenvalue weighted by Crippen LogP contribution is 2.10. The van der Waals surface area contributed by atoms with Crippen LogP contribution in [0.4, 0.5) is 0 Å². The molecule has 3 N–H and O–H groups in total. The maximum Gasteiger partial charge on any atom is 0.356 e. The molecule has 6 nitrogen and oxygen atoms in total. The molecule has 0 aromatic heterocycles. The lowest BCUT2D eigenvalue weighted by Crippen LogP contribution is -2.44. The van der Waals surface area contributed by atoms with E-state index in [4.69, 9.17) is 10.5 Å². The number of aliphatic imine (C=N–C) groups is 1. The lowest BCUT2D eigenvalue weighted by molar-refractivity contribution is -0.140. The summed E-state index contributed by atoms with van der Waals surface area (Å²) in [7, 11) is 0. The van der Waals surface area contributed by atoms with Crippen LogP contribution < -0.4 is 11.1 Å². The van der Waals surface area contributed by atoms with Gasteiger partial charge in [-0.2, -0.15) is 0 Å². The van der Waals surface area contributed by atoms with Gasteiger partial charge in [0.15, 0.2) is 0 Å². The second kappa shape index (κ2) is 14.5. The largest absolute Gasteiger partial charge is 0.456 e. The molecule has 0 saturated carbocycles. The molecule has 30 heavy (non-hydrogen) atoms. The summed E-state index contributed by atoms with van der Waals surface area (Å²) in [4.78, 5) is 29.0. The molecule has 0 saturated heterocycles. The van der Waals surface area contributed by atoms with Crippen LogP contribution in [0.1, 0.15) is 65.4 Å². The van der Waals surface area contributed by atoms with E-state index in [0.29, 0.717) is 18.7 Å². The molecule has 0 radical (unpaired) electrons. The summed E-state index contributed by atoms with van der Waals surface area (Å²) in [5.74, 6) is -0.388. The Hall–Kier alpha value is -2.47. The van der Waals surface area contributed by atoms with Gasteiger partial charge in [0.1, 0.15) is 12.3 Å². The fourth-order valence-electron chi connectivity index (χ4n) is 2.86. The lowest BCUT2D eigenvalue weighted by atomic mass is 9.99. The Labute approximate surface area is 181 Å². The van der Waals surface area contributed by atoms with Gasteiger partial charge >= 0.3 is 5.97 Å². The molecule has 0 bridgehead atoms. The van der Waals surface area contributed by atoms with E-state index in [0.717, 1.165) is 37.0 Å². The number of benzene rings is 1. The third-order valence-electron chi connectivity index (χ3n) is 5.01. The van der Waals surface area contributed by atoms with Crippen molar-refractivity contribution in [3.05, 3.63) is 47.7 Å². The highest BCUT2D eigenvalue weighted by Gasteiger charge is 2.18. The average Bonchev–Trinajstić information content (AvgIpc) is 2.77. The van der Waals surface area contributed by atoms with Gasteiger partial charge in [-0.3, -0.25) is 9.79 Å². The van der Waals surface area contributed by atoms with E-state index in [-0.39, 0.29) is 18.4 Å². The van der Waals surface area contributed by atoms with E-state index in [1.165, 1.54) is 0 Å². The smallest absolute Gasteiger partial charge is 0.356 e. The first-order chi connectivity index (χ1) is 14.4. The topological polar surface area (TPSA) is 93.8 Å². The monoisotopic (exact) mass is 415 g/mol. The molecule has 2 unspecified atom stereocenters. The number of esters is 1. The van der Waals surface area contributed by atoms with Gasteiger partial charge in [-0.05, 0) is 37.7 Å². The third-order valence-corrected chi connectivity index (χ3v) is 5.01. The van der Waals surface area contributed by atoms with Crippen molar-refractivity contribution in [1.29, 1.82) is 0 Å². The maximum absolute atomic E-state index is 12.4. The number of carbonyl (C=O) groups excluding carboxylic acids is 2. The highest BCUT2D eigenvalue weighted by atomic mass is 16.5. The zero-order valence-electron chi connectivity index (χ0n) is 18.8. The van der Waals surface area contributed by atoms with Gasteiger partial charge in [0.25, 0.3) is 0 Å². The predicted octanol–water partition coefficient (Wildman–Crippen LogP) is 4.14. The Kier molecular flexibility index (Phi) is 12.4. The second-order valence-electron chi connectivity index (χ2n) is 7.47. The molecule has 1 aromatic carbocycles. The molecule has 1 amide bonds. The van der Waals surface area contributed by atoms with E-state index in [9.17, 15) is 9.59 Å². The number of ether oxygens (including phenoxy) is 1. The molecular weight excluding hydrogens is 378 g/mol. The zero-order chi connectivity index (χ0) is 22.4. The minimum Gasteiger partial charge on any atom is -0.456 e. The van der Waals surface area contributed by atoms with E-state index >= 15 is 0 Å². The van der Waals surface area contributed by atoms with Crippen molar-refractivity contribution in [2.75, 3.05) is 6.54 Å². The van der Waals surface area contributed by atoms with Gasteiger partial charge in [-0.1, -0.05) is 70.0 Å². The molecule has 166 valence electrons. The number of nitrogens with zero attached hydrogens (tertiary/aromatic N) is 1. The van der Waals surface area contributed by atoms with Gasteiger partial charge in [0, 0.05) is 12.3 Å². The first-order valence-corrected chi connectivity index (χ1v) is 10.9. The number of nitrogens with two attached hydrogens (primary N) is 1. The first-order valence-electron chi connectivity index (χ1n) is 10.9. The standard InChI is InChI=1S/C24H37N3O3/c1-5-12-20(15-11-16-26-23(28)22(25)18(4)6-2)27-21(7-3)24(29)30-17-19-13-9-8-10-14-19/h7-10,13-14,18,22H,5-6,11-12,15-17,25H2,1-4H3,(H,26,28)/b21-7-,27-20+. The van der Waals surface area contributed by atoms with Gasteiger partial charge in [0.2, 0.25) is 5.91 Å². The molecular formula is C24H37N3O3. The molecule has 0 spiro atoms. The van der Waals surface area contributed by atoms with Crippen molar-refractivity contribution < 1.29 is 14.3 Å². The molecule has 2 atom stereocenters. The van der Waals surface area contributed by atoms with Crippen LogP contribution in [0.2, 0.25) is 0 Å². The summed E-state index contributed by atoms with van der Waals surface area (Å²) in [6.07, 6.45) is 5.72. The van der Waals surface area contributed by atoms with Crippen LogP contribution in [0.25, 0.3) is 0 Å². The number of amides is 1. The SMILES string of the molecule is C/C=C(\N=C(/CCC)CCCNC(=O)C(N)C(C)CC)C(=O)OCc1ccccc1. The minimum absolute atomic E-state index is 0.114. The number of hydrogen-bond donors (Lipinski definition) is 2. The van der Waals surface area contributed by atoms with Crippen LogP contribution in [0, 0.1) is 5.92 Å². The van der Waals surface area contributed by atoms with Gasteiger partial charge < -0.3 is 15.8 Å². The van der Waals surface area contributed by atoms with E-state index in [1.807, 2.05) is 44.2 Å². The van der Waals surface area contributed by atoms with Crippen molar-refractivity contribution in [3.8, 4) is 0 Å². The molecule has 0 aliphatic rings. The Bertz CT molecular complexity index is 714. The molecule has 0 aliphatic carbocycles. The van der Waals surface area contributed by atoms with Crippen LogP contribution in [0.5, 0.6) is 0 Å².